The number of hydrogen-bond donors (Lipinski definition) is 2. The summed E-state index contributed by atoms with van der Waals surface area (Å²) in [5.41, 5.74) is -0.252. The van der Waals surface area contributed by atoms with E-state index in [4.69, 9.17) is 0 Å². The van der Waals surface area contributed by atoms with Gasteiger partial charge in [-0.05, 0) is 72.4 Å². The Hall–Kier alpha value is -2.79. The van der Waals surface area contributed by atoms with Gasteiger partial charge in [0.15, 0.2) is 0 Å². The van der Waals surface area contributed by atoms with Gasteiger partial charge in [-0.15, -0.1) is 11.8 Å². The largest absolute Gasteiger partial charge is 0.353 e. The number of hydrogen-bond acceptors (Lipinski definition) is 7. The third-order valence-electron chi connectivity index (χ3n) is 6.87. The molecular weight excluding hydrogens is 512 g/mol. The minimum Gasteiger partial charge on any atom is -0.353 e. The lowest BCUT2D eigenvalue weighted by molar-refractivity contribution is -0.137. The lowest BCUT2D eigenvalue weighted by atomic mass is 9.64. The average Bonchev–Trinajstić information content (AvgIpc) is 3.19. The zero-order valence-corrected chi connectivity index (χ0v) is 23.1. The van der Waals surface area contributed by atoms with Crippen LogP contribution in [-0.4, -0.2) is 70.2 Å². The van der Waals surface area contributed by atoms with Crippen molar-refractivity contribution in [3.05, 3.63) is 34.7 Å². The third kappa shape index (κ3) is 5.87. The van der Waals surface area contributed by atoms with E-state index in [9.17, 15) is 24.0 Å². The van der Waals surface area contributed by atoms with Gasteiger partial charge in [0.1, 0.15) is 12.1 Å². The lowest BCUT2D eigenvalue weighted by Gasteiger charge is -2.43. The molecule has 0 radical (unpaired) electrons. The molecule has 198 valence electrons. The molecule has 3 aliphatic rings. The Morgan fingerprint density at radius 2 is 1.86 bits per heavy atom. The molecule has 1 saturated carbocycles. The number of nitrogens with one attached hydrogen (secondary N) is 2. The van der Waals surface area contributed by atoms with Crippen LogP contribution in [-0.2, 0) is 14.4 Å². The number of nitrogens with zero attached hydrogens (tertiary/aromatic N) is 2. The fourth-order valence-corrected chi connectivity index (χ4v) is 6.97. The number of benzene rings is 1. The highest BCUT2D eigenvalue weighted by atomic mass is 32.2. The molecule has 1 aromatic rings. The van der Waals surface area contributed by atoms with Gasteiger partial charge in [-0.25, -0.2) is 4.79 Å². The van der Waals surface area contributed by atoms with Crippen LogP contribution in [0.15, 0.2) is 34.1 Å². The number of carbonyl (C=O) groups excluding carboxylic acids is 5. The first-order valence-corrected chi connectivity index (χ1v) is 14.3. The SMILES string of the molecule is CSc1ccc(C=C2SC(=O)N(CCNC(=O)CN3C(=O)NC4(CC(C)CC(C)(C)C4)C3=O)C2=O)cc1. The van der Waals surface area contributed by atoms with Crippen molar-refractivity contribution in [3.63, 3.8) is 0 Å². The predicted octanol–water partition coefficient (Wildman–Crippen LogP) is 3.70. The van der Waals surface area contributed by atoms with E-state index in [-0.39, 0.29) is 30.3 Å². The Balaban J connectivity index is 1.30. The topological polar surface area (TPSA) is 116 Å². The third-order valence-corrected chi connectivity index (χ3v) is 8.52. The van der Waals surface area contributed by atoms with E-state index >= 15 is 0 Å². The van der Waals surface area contributed by atoms with E-state index in [2.05, 4.69) is 31.4 Å². The van der Waals surface area contributed by atoms with Crippen LogP contribution < -0.4 is 10.6 Å². The van der Waals surface area contributed by atoms with Crippen LogP contribution in [0.25, 0.3) is 6.08 Å². The molecule has 1 aliphatic carbocycles. The van der Waals surface area contributed by atoms with Crippen LogP contribution >= 0.6 is 23.5 Å². The zero-order chi connectivity index (χ0) is 27.0. The Labute approximate surface area is 225 Å². The first-order chi connectivity index (χ1) is 17.4. The van der Waals surface area contributed by atoms with Crippen LogP contribution in [0.5, 0.6) is 0 Å². The van der Waals surface area contributed by atoms with Gasteiger partial charge in [-0.2, -0.15) is 0 Å². The number of amides is 6. The summed E-state index contributed by atoms with van der Waals surface area (Å²) in [5, 5.41) is 5.07. The Morgan fingerprint density at radius 1 is 1.16 bits per heavy atom. The summed E-state index contributed by atoms with van der Waals surface area (Å²) in [6.45, 7) is 5.84. The summed E-state index contributed by atoms with van der Waals surface area (Å²) in [4.78, 5) is 67.0. The van der Waals surface area contributed by atoms with Gasteiger partial charge in [0, 0.05) is 18.0 Å². The van der Waals surface area contributed by atoms with Gasteiger partial charge in [0.05, 0.1) is 4.91 Å². The maximum atomic E-state index is 13.2. The summed E-state index contributed by atoms with van der Waals surface area (Å²) in [6.07, 6.45) is 5.69. The van der Waals surface area contributed by atoms with Crippen molar-refractivity contribution in [2.45, 2.75) is 50.5 Å². The lowest BCUT2D eigenvalue weighted by Crippen LogP contribution is -2.54. The van der Waals surface area contributed by atoms with E-state index in [1.165, 1.54) is 0 Å². The van der Waals surface area contributed by atoms with Crippen molar-refractivity contribution in [1.29, 1.82) is 0 Å². The number of rotatable bonds is 7. The number of thioether (sulfide) groups is 2. The quantitative estimate of drug-likeness (QED) is 0.306. The van der Waals surface area contributed by atoms with Gasteiger partial charge in [0.25, 0.3) is 17.1 Å². The summed E-state index contributed by atoms with van der Waals surface area (Å²) < 4.78 is 0. The molecule has 2 unspecified atom stereocenters. The second-order valence-corrected chi connectivity index (χ2v) is 12.6. The highest BCUT2D eigenvalue weighted by molar-refractivity contribution is 8.18. The highest BCUT2D eigenvalue weighted by Gasteiger charge is 2.56. The number of carbonyl (C=O) groups is 5. The van der Waals surface area contributed by atoms with E-state index in [0.29, 0.717) is 17.7 Å². The summed E-state index contributed by atoms with van der Waals surface area (Å²) in [5.74, 6) is -1.04. The molecule has 2 aliphatic heterocycles. The van der Waals surface area contributed by atoms with Crippen molar-refractivity contribution < 1.29 is 24.0 Å². The molecule has 11 heteroatoms. The van der Waals surface area contributed by atoms with Crippen LogP contribution in [0.3, 0.4) is 0 Å². The minimum atomic E-state index is -0.970. The van der Waals surface area contributed by atoms with Crippen molar-refractivity contribution in [2.75, 3.05) is 25.9 Å². The van der Waals surface area contributed by atoms with E-state index in [1.54, 1.807) is 17.8 Å². The van der Waals surface area contributed by atoms with Crippen molar-refractivity contribution in [1.82, 2.24) is 20.4 Å². The van der Waals surface area contributed by atoms with E-state index < -0.39 is 35.2 Å². The summed E-state index contributed by atoms with van der Waals surface area (Å²) >= 11 is 2.47. The molecule has 2 saturated heterocycles. The first kappa shape index (κ1) is 27.3. The normalized spacial score (nSPS) is 26.4. The average molecular weight is 545 g/mol. The number of urea groups is 1. The fourth-order valence-electron chi connectivity index (χ4n) is 5.70. The summed E-state index contributed by atoms with van der Waals surface area (Å²) in [6, 6.07) is 7.09. The van der Waals surface area contributed by atoms with Crippen molar-refractivity contribution in [3.8, 4) is 0 Å². The van der Waals surface area contributed by atoms with Crippen LogP contribution in [0, 0.1) is 11.3 Å². The smallest absolute Gasteiger partial charge is 0.325 e. The maximum Gasteiger partial charge on any atom is 0.325 e. The van der Waals surface area contributed by atoms with E-state index in [1.807, 2.05) is 30.5 Å². The van der Waals surface area contributed by atoms with E-state index in [0.717, 1.165) is 38.4 Å². The molecule has 2 heterocycles. The molecule has 2 N–H and O–H groups in total. The molecule has 0 aromatic heterocycles. The highest BCUT2D eigenvalue weighted by Crippen LogP contribution is 2.46. The van der Waals surface area contributed by atoms with Gasteiger partial charge >= 0.3 is 6.03 Å². The molecule has 6 amide bonds. The van der Waals surface area contributed by atoms with Gasteiger partial charge in [0.2, 0.25) is 5.91 Å². The zero-order valence-electron chi connectivity index (χ0n) is 21.5. The second-order valence-electron chi connectivity index (χ2n) is 10.7. The molecule has 4 rings (SSSR count). The Kier molecular flexibility index (Phi) is 7.75. The van der Waals surface area contributed by atoms with Crippen molar-refractivity contribution >= 4 is 58.6 Å². The van der Waals surface area contributed by atoms with Crippen LogP contribution in [0.4, 0.5) is 9.59 Å². The molecule has 1 spiro atoms. The predicted molar refractivity (Wildman–Crippen MR) is 144 cm³/mol. The molecule has 1 aromatic carbocycles. The maximum absolute atomic E-state index is 13.2. The molecule has 2 atom stereocenters. The molecule has 3 fully saturated rings. The molecule has 9 nitrogen and oxygen atoms in total. The van der Waals surface area contributed by atoms with Gasteiger partial charge < -0.3 is 10.6 Å². The molecule has 0 bridgehead atoms. The standard InChI is InChI=1S/C26H32N4O5S2/c1-16-12-25(2,3)15-26(13-16)22(33)30(23(34)28-26)14-20(31)27-9-10-29-21(32)19(37-24(29)35)11-17-5-7-18(36-4)8-6-17/h5-8,11,16H,9-10,12-15H2,1-4H3,(H,27,31)(H,28,34). The molecular formula is C26H32N4O5S2. The van der Waals surface area contributed by atoms with Gasteiger partial charge in [-0.1, -0.05) is 32.9 Å². The molecule has 37 heavy (non-hydrogen) atoms. The Bertz CT molecular complexity index is 1170. The van der Waals surface area contributed by atoms with Crippen LogP contribution in [0.1, 0.15) is 45.6 Å². The summed E-state index contributed by atoms with van der Waals surface area (Å²) in [7, 11) is 0. The van der Waals surface area contributed by atoms with Crippen molar-refractivity contribution in [2.24, 2.45) is 11.3 Å². The minimum absolute atomic E-state index is 0.00502. The fraction of sp³-hybridized carbons (Fsp3) is 0.500. The van der Waals surface area contributed by atoms with Gasteiger partial charge in [-0.3, -0.25) is 29.0 Å². The first-order valence-electron chi connectivity index (χ1n) is 12.2. The number of imide groups is 2. The monoisotopic (exact) mass is 544 g/mol. The Morgan fingerprint density at radius 3 is 2.51 bits per heavy atom. The second kappa shape index (κ2) is 10.5. The van der Waals surface area contributed by atoms with Crippen LogP contribution in [0.2, 0.25) is 0 Å².